The lowest BCUT2D eigenvalue weighted by molar-refractivity contribution is -0.126. The van der Waals surface area contributed by atoms with E-state index in [4.69, 9.17) is 11.6 Å². The number of halogens is 1. The van der Waals surface area contributed by atoms with E-state index in [-0.39, 0.29) is 18.4 Å². The van der Waals surface area contributed by atoms with E-state index in [9.17, 15) is 9.59 Å². The van der Waals surface area contributed by atoms with Crippen molar-refractivity contribution in [2.24, 2.45) is 0 Å². The number of carbonyl (C=O) groups excluding carboxylic acids is 2. The molecule has 3 aromatic rings. The van der Waals surface area contributed by atoms with Crippen LogP contribution in [-0.4, -0.2) is 27.1 Å². The lowest BCUT2D eigenvalue weighted by atomic mass is 9.93. The first-order chi connectivity index (χ1) is 14.7. The average molecular weight is 437 g/mol. The number of fused-ring (bicyclic) bond motifs is 1. The second kappa shape index (κ2) is 7.85. The van der Waals surface area contributed by atoms with E-state index in [0.29, 0.717) is 22.9 Å². The average Bonchev–Trinajstić information content (AvgIpc) is 3.06. The Hall–Kier alpha value is -3.12. The molecule has 7 heteroatoms. The molecule has 2 heterocycles. The van der Waals surface area contributed by atoms with Crippen molar-refractivity contribution in [2.75, 3.05) is 4.90 Å². The van der Waals surface area contributed by atoms with Gasteiger partial charge in [0.15, 0.2) is 0 Å². The minimum atomic E-state index is -1.14. The Morgan fingerprint density at radius 2 is 1.74 bits per heavy atom. The highest BCUT2D eigenvalue weighted by atomic mass is 35.5. The number of nitrogens with zero attached hydrogens (tertiary/aromatic N) is 3. The van der Waals surface area contributed by atoms with E-state index >= 15 is 0 Å². The van der Waals surface area contributed by atoms with Gasteiger partial charge in [-0.3, -0.25) is 19.2 Å². The Labute approximate surface area is 186 Å². The highest BCUT2D eigenvalue weighted by Gasteiger charge is 2.48. The van der Waals surface area contributed by atoms with Crippen LogP contribution in [0.5, 0.6) is 0 Å². The van der Waals surface area contributed by atoms with Crippen LogP contribution < -0.4 is 10.2 Å². The summed E-state index contributed by atoms with van der Waals surface area (Å²) < 4.78 is 1.64. The molecule has 2 amide bonds. The first-order valence-electron chi connectivity index (χ1n) is 10.2. The number of anilines is 1. The zero-order valence-corrected chi connectivity index (χ0v) is 18.8. The third-order valence-electron chi connectivity index (χ3n) is 5.60. The summed E-state index contributed by atoms with van der Waals surface area (Å²) in [6, 6.07) is 15.0. The van der Waals surface area contributed by atoms with Crippen LogP contribution in [0, 0.1) is 20.8 Å². The van der Waals surface area contributed by atoms with E-state index in [0.717, 1.165) is 22.4 Å². The summed E-state index contributed by atoms with van der Waals surface area (Å²) in [4.78, 5) is 28.7. The third-order valence-corrected chi connectivity index (χ3v) is 5.85. The molecule has 160 valence electrons. The van der Waals surface area contributed by atoms with Crippen LogP contribution in [-0.2, 0) is 17.9 Å². The second-order valence-corrected chi connectivity index (χ2v) is 8.83. The zero-order valence-electron chi connectivity index (χ0n) is 18.1. The van der Waals surface area contributed by atoms with Gasteiger partial charge in [-0.15, -0.1) is 0 Å². The smallest absolute Gasteiger partial charge is 0.277 e. The first-order valence-corrected chi connectivity index (χ1v) is 10.6. The zero-order chi connectivity index (χ0) is 22.3. The van der Waals surface area contributed by atoms with E-state index in [1.807, 2.05) is 51.1 Å². The van der Waals surface area contributed by atoms with E-state index in [1.54, 1.807) is 34.7 Å². The lowest BCUT2D eigenvalue weighted by Gasteiger charge is -2.43. The summed E-state index contributed by atoms with van der Waals surface area (Å²) in [6.07, 6.45) is 0. The molecule has 1 aliphatic rings. The van der Waals surface area contributed by atoms with Crippen molar-refractivity contribution in [1.29, 1.82) is 0 Å². The van der Waals surface area contributed by atoms with Crippen molar-refractivity contribution in [3.63, 3.8) is 0 Å². The van der Waals surface area contributed by atoms with Crippen LogP contribution in [0.15, 0.2) is 48.5 Å². The number of hydrogen-bond acceptors (Lipinski definition) is 3. The van der Waals surface area contributed by atoms with Crippen molar-refractivity contribution < 1.29 is 9.59 Å². The van der Waals surface area contributed by atoms with Gasteiger partial charge in [-0.05, 0) is 74.7 Å². The maximum absolute atomic E-state index is 13.6. The molecule has 6 nitrogen and oxygen atoms in total. The van der Waals surface area contributed by atoms with Gasteiger partial charge < -0.3 is 5.32 Å². The van der Waals surface area contributed by atoms with Gasteiger partial charge in [-0.1, -0.05) is 29.8 Å². The van der Waals surface area contributed by atoms with Crippen LogP contribution in [0.1, 0.15) is 39.8 Å². The number of nitrogens with one attached hydrogen (secondary N) is 1. The maximum atomic E-state index is 13.6. The van der Waals surface area contributed by atoms with Crippen molar-refractivity contribution in [1.82, 2.24) is 15.1 Å². The fourth-order valence-electron chi connectivity index (χ4n) is 4.17. The molecule has 0 aliphatic carbocycles. The van der Waals surface area contributed by atoms with E-state index < -0.39 is 5.54 Å². The van der Waals surface area contributed by atoms with Gasteiger partial charge in [0, 0.05) is 17.3 Å². The number of carbonyl (C=O) groups is 2. The number of aromatic nitrogens is 2. The Morgan fingerprint density at radius 1 is 1.10 bits per heavy atom. The van der Waals surface area contributed by atoms with Crippen LogP contribution in [0.3, 0.4) is 0 Å². The van der Waals surface area contributed by atoms with E-state index in [1.165, 1.54) is 0 Å². The molecule has 0 fully saturated rings. The van der Waals surface area contributed by atoms with Gasteiger partial charge in [0.05, 0.1) is 12.2 Å². The Morgan fingerprint density at radius 3 is 2.39 bits per heavy atom. The lowest BCUT2D eigenvalue weighted by Crippen LogP contribution is -2.64. The molecule has 1 atom stereocenters. The molecule has 31 heavy (non-hydrogen) atoms. The molecule has 2 aromatic carbocycles. The fraction of sp³-hybridized carbons (Fsp3) is 0.292. The Kier molecular flexibility index (Phi) is 5.35. The fourth-order valence-corrected chi connectivity index (χ4v) is 4.30. The Balaban J connectivity index is 1.72. The van der Waals surface area contributed by atoms with Crippen LogP contribution in [0.2, 0.25) is 5.02 Å². The molecule has 1 aliphatic heterocycles. The Bertz CT molecular complexity index is 1150. The number of benzene rings is 2. The molecule has 1 N–H and O–H groups in total. The number of rotatable bonds is 4. The molecule has 1 aromatic heterocycles. The topological polar surface area (TPSA) is 67.2 Å². The predicted octanol–water partition coefficient (Wildman–Crippen LogP) is 4.20. The number of amides is 2. The standard InChI is InChI=1S/C24H25ClN4O2/c1-15-9-16(2)11-20(10-15)29-22(30)21-12-17(3)27-28(21)14-24(29,4)23(31)26-13-18-5-7-19(25)8-6-18/h5-12H,13-14H2,1-4H3,(H,26,31). The van der Waals surface area contributed by atoms with Crippen LogP contribution in [0.4, 0.5) is 5.69 Å². The van der Waals surface area contributed by atoms with Crippen molar-refractivity contribution >= 4 is 29.1 Å². The van der Waals surface area contributed by atoms with Crippen molar-refractivity contribution in [3.05, 3.63) is 81.6 Å². The molecular formula is C24H25ClN4O2. The summed E-state index contributed by atoms with van der Waals surface area (Å²) in [7, 11) is 0. The van der Waals surface area contributed by atoms with Gasteiger partial charge in [-0.2, -0.15) is 5.10 Å². The maximum Gasteiger partial charge on any atom is 0.277 e. The summed E-state index contributed by atoms with van der Waals surface area (Å²) >= 11 is 5.96. The van der Waals surface area contributed by atoms with Gasteiger partial charge >= 0.3 is 0 Å². The largest absolute Gasteiger partial charge is 0.350 e. The monoisotopic (exact) mass is 436 g/mol. The highest BCUT2D eigenvalue weighted by Crippen LogP contribution is 2.34. The van der Waals surface area contributed by atoms with Gasteiger partial charge in [0.25, 0.3) is 5.91 Å². The van der Waals surface area contributed by atoms with Gasteiger partial charge in [0.1, 0.15) is 11.2 Å². The predicted molar refractivity (Wildman–Crippen MR) is 121 cm³/mol. The van der Waals surface area contributed by atoms with Gasteiger partial charge in [0.2, 0.25) is 5.91 Å². The quantitative estimate of drug-likeness (QED) is 0.666. The molecule has 0 spiro atoms. The molecule has 0 saturated carbocycles. The van der Waals surface area contributed by atoms with Crippen LogP contribution in [0.25, 0.3) is 0 Å². The van der Waals surface area contributed by atoms with Crippen LogP contribution >= 0.6 is 11.6 Å². The second-order valence-electron chi connectivity index (χ2n) is 8.40. The number of hydrogen-bond donors (Lipinski definition) is 1. The first kappa shape index (κ1) is 21.1. The minimum Gasteiger partial charge on any atom is -0.350 e. The summed E-state index contributed by atoms with van der Waals surface area (Å²) in [5.41, 5.74) is 3.78. The van der Waals surface area contributed by atoms with E-state index in [2.05, 4.69) is 10.4 Å². The van der Waals surface area contributed by atoms with Gasteiger partial charge in [-0.25, -0.2) is 0 Å². The molecular weight excluding hydrogens is 412 g/mol. The van der Waals surface area contributed by atoms with Crippen molar-refractivity contribution in [2.45, 2.75) is 46.3 Å². The minimum absolute atomic E-state index is 0.235. The highest BCUT2D eigenvalue weighted by molar-refractivity contribution is 6.30. The molecule has 4 rings (SSSR count). The SMILES string of the molecule is Cc1cc(C)cc(N2C(=O)c3cc(C)nn3CC2(C)C(=O)NCc2ccc(Cl)cc2)c1. The summed E-state index contributed by atoms with van der Waals surface area (Å²) in [5.74, 6) is -0.477. The normalized spacial score (nSPS) is 18.1. The summed E-state index contributed by atoms with van der Waals surface area (Å²) in [6.45, 7) is 8.21. The molecule has 1 unspecified atom stereocenters. The molecule has 0 radical (unpaired) electrons. The molecule has 0 saturated heterocycles. The number of aryl methyl sites for hydroxylation is 3. The molecule has 0 bridgehead atoms. The third kappa shape index (κ3) is 3.95. The summed E-state index contributed by atoms with van der Waals surface area (Å²) in [5, 5.41) is 8.09. The van der Waals surface area contributed by atoms with Crippen molar-refractivity contribution in [3.8, 4) is 0 Å².